The van der Waals surface area contributed by atoms with Crippen LogP contribution in [-0.2, 0) is 31.2 Å². The summed E-state index contributed by atoms with van der Waals surface area (Å²) < 4.78 is 1.98. The highest BCUT2D eigenvalue weighted by atomic mass is 16.2. The molecule has 1 aliphatic heterocycles. The van der Waals surface area contributed by atoms with Crippen LogP contribution in [-0.4, -0.2) is 64.2 Å². The summed E-state index contributed by atoms with van der Waals surface area (Å²) in [5, 5.41) is 8.08. The normalized spacial score (nSPS) is 18.9. The van der Waals surface area contributed by atoms with Gasteiger partial charge in [-0.1, -0.05) is 13.8 Å². The van der Waals surface area contributed by atoms with Crippen LogP contribution in [0.1, 0.15) is 43.6 Å². The van der Waals surface area contributed by atoms with Gasteiger partial charge in [-0.25, -0.2) is 0 Å². The molecule has 7 heteroatoms. The topological polar surface area (TPSA) is 65.8 Å². The molecule has 0 atom stereocenters. The fourth-order valence-electron chi connectivity index (χ4n) is 3.73. The molecular formula is C18H30N6O. The van der Waals surface area contributed by atoms with Crippen molar-refractivity contribution in [3.63, 3.8) is 0 Å². The van der Waals surface area contributed by atoms with E-state index in [1.54, 1.807) is 7.05 Å². The summed E-state index contributed by atoms with van der Waals surface area (Å²) in [5.41, 5.74) is 3.66. The first-order chi connectivity index (χ1) is 12.1. The van der Waals surface area contributed by atoms with Crippen LogP contribution in [0.3, 0.4) is 0 Å². The average Bonchev–Trinajstić information content (AvgIpc) is 3.39. The van der Waals surface area contributed by atoms with E-state index in [1.165, 1.54) is 24.1 Å². The molecule has 2 aliphatic rings. The zero-order valence-corrected chi connectivity index (χ0v) is 15.9. The second kappa shape index (κ2) is 7.45. The third-order valence-corrected chi connectivity index (χ3v) is 5.21. The second-order valence-corrected chi connectivity index (χ2v) is 6.84. The van der Waals surface area contributed by atoms with E-state index in [0.717, 1.165) is 37.6 Å². The Bertz CT molecular complexity index is 661. The number of aromatic nitrogens is 2. The molecule has 2 heterocycles. The standard InChI is InChI=1S/C18H30N6O/c1-5-15-14(16(6-2)22(4)21-15)11-20-18(19-3)23-9-10-24(13-7-8-13)17(25)12-23/h13H,5-12H2,1-4H3,(H,19,20). The molecule has 1 aromatic rings. The van der Waals surface area contributed by atoms with Crippen molar-refractivity contribution in [2.75, 3.05) is 26.7 Å². The van der Waals surface area contributed by atoms with E-state index in [-0.39, 0.29) is 5.91 Å². The first-order valence-electron chi connectivity index (χ1n) is 9.37. The van der Waals surface area contributed by atoms with Gasteiger partial charge in [-0.3, -0.25) is 14.5 Å². The lowest BCUT2D eigenvalue weighted by Crippen LogP contribution is -2.55. The van der Waals surface area contributed by atoms with E-state index >= 15 is 0 Å². The number of hydrogen-bond acceptors (Lipinski definition) is 3. The molecule has 0 spiro atoms. The lowest BCUT2D eigenvalue weighted by Gasteiger charge is -2.36. The molecule has 0 radical (unpaired) electrons. The van der Waals surface area contributed by atoms with Gasteiger partial charge in [0.2, 0.25) is 5.91 Å². The molecule has 2 fully saturated rings. The van der Waals surface area contributed by atoms with Crippen LogP contribution in [0.25, 0.3) is 0 Å². The average molecular weight is 346 g/mol. The number of guanidine groups is 1. The SMILES string of the molecule is CCc1nn(C)c(CC)c1CNC(=NC)N1CCN(C2CC2)C(=O)C1. The lowest BCUT2D eigenvalue weighted by molar-refractivity contribution is -0.135. The molecule has 7 nitrogen and oxygen atoms in total. The highest BCUT2D eigenvalue weighted by Gasteiger charge is 2.36. The maximum absolute atomic E-state index is 12.4. The fourth-order valence-corrected chi connectivity index (χ4v) is 3.73. The summed E-state index contributed by atoms with van der Waals surface area (Å²) in [6, 6.07) is 0.499. The van der Waals surface area contributed by atoms with Gasteiger partial charge in [0.05, 0.1) is 12.2 Å². The van der Waals surface area contributed by atoms with Crippen molar-refractivity contribution < 1.29 is 4.79 Å². The van der Waals surface area contributed by atoms with Gasteiger partial charge in [-0.15, -0.1) is 0 Å². The van der Waals surface area contributed by atoms with E-state index in [0.29, 0.717) is 19.1 Å². The summed E-state index contributed by atoms with van der Waals surface area (Å²) >= 11 is 0. The first-order valence-corrected chi connectivity index (χ1v) is 9.37. The lowest BCUT2D eigenvalue weighted by atomic mass is 10.1. The van der Waals surface area contributed by atoms with Crippen LogP contribution in [0.2, 0.25) is 0 Å². The second-order valence-electron chi connectivity index (χ2n) is 6.84. The molecule has 1 N–H and O–H groups in total. The Labute approximate surface area is 150 Å². The highest BCUT2D eigenvalue weighted by Crippen LogP contribution is 2.28. The van der Waals surface area contributed by atoms with Gasteiger partial charge in [0, 0.05) is 51.0 Å². The molecule has 1 amide bonds. The third-order valence-electron chi connectivity index (χ3n) is 5.21. The van der Waals surface area contributed by atoms with E-state index in [1.807, 2.05) is 16.6 Å². The Hall–Kier alpha value is -2.05. The monoisotopic (exact) mass is 346 g/mol. The van der Waals surface area contributed by atoms with Crippen molar-refractivity contribution in [2.45, 2.75) is 52.1 Å². The Morgan fingerprint density at radius 2 is 2.04 bits per heavy atom. The predicted octanol–water partition coefficient (Wildman–Crippen LogP) is 0.927. The minimum atomic E-state index is 0.224. The molecular weight excluding hydrogens is 316 g/mol. The first kappa shape index (κ1) is 17.8. The van der Waals surface area contributed by atoms with Crippen molar-refractivity contribution in [2.24, 2.45) is 12.0 Å². The minimum Gasteiger partial charge on any atom is -0.352 e. The largest absolute Gasteiger partial charge is 0.352 e. The smallest absolute Gasteiger partial charge is 0.242 e. The number of rotatable bonds is 5. The number of piperazine rings is 1. The molecule has 0 unspecified atom stereocenters. The van der Waals surface area contributed by atoms with Crippen LogP contribution in [0, 0.1) is 0 Å². The van der Waals surface area contributed by atoms with Crippen molar-refractivity contribution in [1.82, 2.24) is 24.9 Å². The summed E-state index contributed by atoms with van der Waals surface area (Å²) in [6.07, 6.45) is 4.21. The number of carbonyl (C=O) groups is 1. The molecule has 3 rings (SSSR count). The van der Waals surface area contributed by atoms with Crippen LogP contribution < -0.4 is 5.32 Å². The van der Waals surface area contributed by atoms with Crippen molar-refractivity contribution in [3.05, 3.63) is 17.0 Å². The number of aliphatic imine (C=N–C) groups is 1. The van der Waals surface area contributed by atoms with Gasteiger partial charge in [0.25, 0.3) is 0 Å². The van der Waals surface area contributed by atoms with E-state index in [2.05, 4.69) is 34.2 Å². The number of nitrogens with zero attached hydrogens (tertiary/aromatic N) is 5. The van der Waals surface area contributed by atoms with Gasteiger partial charge in [-0.2, -0.15) is 5.10 Å². The third kappa shape index (κ3) is 3.65. The molecule has 1 saturated carbocycles. The molecule has 1 aliphatic carbocycles. The molecule has 1 saturated heterocycles. The Balaban J connectivity index is 1.65. The number of carbonyl (C=O) groups excluding carboxylic acids is 1. The van der Waals surface area contributed by atoms with E-state index in [4.69, 9.17) is 0 Å². The Morgan fingerprint density at radius 1 is 1.28 bits per heavy atom. The number of amides is 1. The maximum atomic E-state index is 12.4. The van der Waals surface area contributed by atoms with Crippen LogP contribution in [0.15, 0.2) is 4.99 Å². The minimum absolute atomic E-state index is 0.224. The Kier molecular flexibility index (Phi) is 5.30. The van der Waals surface area contributed by atoms with E-state index < -0.39 is 0 Å². The fraction of sp³-hybridized carbons (Fsp3) is 0.722. The van der Waals surface area contributed by atoms with Gasteiger partial charge in [0.15, 0.2) is 5.96 Å². The van der Waals surface area contributed by atoms with Crippen LogP contribution in [0.5, 0.6) is 0 Å². The summed E-state index contributed by atoms with van der Waals surface area (Å²) in [4.78, 5) is 20.9. The van der Waals surface area contributed by atoms with Gasteiger partial charge in [0.1, 0.15) is 0 Å². The van der Waals surface area contributed by atoms with Crippen molar-refractivity contribution >= 4 is 11.9 Å². The quantitative estimate of drug-likeness (QED) is 0.636. The summed E-state index contributed by atoms with van der Waals surface area (Å²) in [7, 11) is 3.79. The molecule has 1 aromatic heterocycles. The zero-order chi connectivity index (χ0) is 18.0. The highest BCUT2D eigenvalue weighted by molar-refractivity contribution is 5.88. The molecule has 0 bridgehead atoms. The molecule has 0 aromatic carbocycles. The molecule has 138 valence electrons. The zero-order valence-electron chi connectivity index (χ0n) is 15.9. The van der Waals surface area contributed by atoms with Gasteiger partial charge in [-0.05, 0) is 25.7 Å². The predicted molar refractivity (Wildman–Crippen MR) is 98.5 cm³/mol. The summed E-state index contributed by atoms with van der Waals surface area (Å²) in [6.45, 7) is 7.06. The van der Waals surface area contributed by atoms with Crippen LogP contribution in [0.4, 0.5) is 0 Å². The van der Waals surface area contributed by atoms with Crippen molar-refractivity contribution in [1.29, 1.82) is 0 Å². The molecule has 25 heavy (non-hydrogen) atoms. The van der Waals surface area contributed by atoms with Crippen molar-refractivity contribution in [3.8, 4) is 0 Å². The number of nitrogens with one attached hydrogen (secondary N) is 1. The summed E-state index contributed by atoms with van der Waals surface area (Å²) in [5.74, 6) is 1.03. The van der Waals surface area contributed by atoms with E-state index in [9.17, 15) is 4.79 Å². The Morgan fingerprint density at radius 3 is 2.60 bits per heavy atom. The number of aryl methyl sites for hydroxylation is 2. The van der Waals surface area contributed by atoms with Crippen LogP contribution >= 0.6 is 0 Å². The number of hydrogen-bond donors (Lipinski definition) is 1. The van der Waals surface area contributed by atoms with Gasteiger partial charge >= 0.3 is 0 Å². The van der Waals surface area contributed by atoms with Gasteiger partial charge < -0.3 is 15.1 Å². The maximum Gasteiger partial charge on any atom is 0.242 e.